The first kappa shape index (κ1) is 18.9. The Balaban J connectivity index is 1.89. The molecule has 1 aromatic heterocycles. The van der Waals surface area contributed by atoms with E-state index in [1.54, 1.807) is 6.07 Å². The number of thiocarbonyl (C=S) groups is 1. The highest BCUT2D eigenvalue weighted by Crippen LogP contribution is 2.31. The van der Waals surface area contributed by atoms with Crippen molar-refractivity contribution < 1.29 is 13.9 Å². The number of carbonyl (C=O) groups excluding carboxylic acids is 1. The van der Waals surface area contributed by atoms with Gasteiger partial charge in [-0.2, -0.15) is 5.10 Å². The Morgan fingerprint density at radius 1 is 1.37 bits per heavy atom. The maximum atomic E-state index is 12.8. The summed E-state index contributed by atoms with van der Waals surface area (Å²) in [5.41, 5.74) is 11.1. The van der Waals surface area contributed by atoms with E-state index < -0.39 is 0 Å². The number of nitrogens with one attached hydrogen (secondary N) is 2. The Bertz CT molecular complexity index is 904. The molecule has 0 aliphatic heterocycles. The number of benzene rings is 1. The second-order valence-electron chi connectivity index (χ2n) is 6.13. The number of nitrogens with two attached hydrogens (primary N) is 1. The number of furan rings is 1. The van der Waals surface area contributed by atoms with Gasteiger partial charge in [0.05, 0.1) is 18.0 Å². The number of ether oxygens (including phenoxy) is 1. The molecule has 4 N–H and O–H groups in total. The van der Waals surface area contributed by atoms with E-state index in [1.807, 2.05) is 32.0 Å². The number of carbonyl (C=O) groups is 1. The molecule has 1 aromatic carbocycles. The van der Waals surface area contributed by atoms with Crippen LogP contribution >= 0.6 is 12.2 Å². The normalized spacial score (nSPS) is 14.5. The minimum atomic E-state index is -0.323. The van der Waals surface area contributed by atoms with Gasteiger partial charge in [-0.25, -0.2) is 0 Å². The van der Waals surface area contributed by atoms with E-state index in [0.717, 1.165) is 41.9 Å². The number of aryl methyl sites for hydroxylation is 1. The van der Waals surface area contributed by atoms with Crippen molar-refractivity contribution in [1.29, 1.82) is 0 Å². The van der Waals surface area contributed by atoms with Gasteiger partial charge >= 0.3 is 0 Å². The molecule has 0 atom stereocenters. The first-order valence-electron chi connectivity index (χ1n) is 8.79. The average molecular weight is 386 g/mol. The van der Waals surface area contributed by atoms with Crippen molar-refractivity contribution in [3.8, 4) is 5.75 Å². The summed E-state index contributed by atoms with van der Waals surface area (Å²) in [4.78, 5) is 12.8. The highest BCUT2D eigenvalue weighted by Gasteiger charge is 2.28. The Labute approximate surface area is 163 Å². The number of nitrogens with zero attached hydrogens (tertiary/aromatic N) is 1. The van der Waals surface area contributed by atoms with Gasteiger partial charge < -0.3 is 20.2 Å². The third kappa shape index (κ3) is 4.11. The SMILES string of the molecule is CCOc1ccccc1NC(=O)c1oc2c(c1C)/C(=N/NC(N)=S)CCC2. The van der Waals surface area contributed by atoms with Gasteiger partial charge in [0.25, 0.3) is 5.91 Å². The number of anilines is 1. The van der Waals surface area contributed by atoms with Gasteiger partial charge in [0.2, 0.25) is 0 Å². The molecule has 1 heterocycles. The molecule has 3 rings (SSSR count). The summed E-state index contributed by atoms with van der Waals surface area (Å²) in [7, 11) is 0. The summed E-state index contributed by atoms with van der Waals surface area (Å²) in [5.74, 6) is 1.32. The predicted molar refractivity (Wildman–Crippen MR) is 108 cm³/mol. The maximum absolute atomic E-state index is 12.8. The second kappa shape index (κ2) is 8.22. The summed E-state index contributed by atoms with van der Waals surface area (Å²) in [6.45, 7) is 4.26. The fourth-order valence-electron chi connectivity index (χ4n) is 3.15. The summed E-state index contributed by atoms with van der Waals surface area (Å²) in [6.07, 6.45) is 2.40. The van der Waals surface area contributed by atoms with Gasteiger partial charge in [0, 0.05) is 17.5 Å². The van der Waals surface area contributed by atoms with Crippen LogP contribution in [0.2, 0.25) is 0 Å². The van der Waals surface area contributed by atoms with Crippen LogP contribution in [0.5, 0.6) is 5.75 Å². The topological polar surface area (TPSA) is 102 Å². The number of hydrogen-bond donors (Lipinski definition) is 3. The van der Waals surface area contributed by atoms with Crippen LogP contribution in [0.3, 0.4) is 0 Å². The summed E-state index contributed by atoms with van der Waals surface area (Å²) in [5, 5.41) is 7.24. The molecule has 8 heteroatoms. The van der Waals surface area contributed by atoms with E-state index >= 15 is 0 Å². The fourth-order valence-corrected chi connectivity index (χ4v) is 3.20. The molecule has 27 heavy (non-hydrogen) atoms. The van der Waals surface area contributed by atoms with E-state index in [-0.39, 0.29) is 16.8 Å². The van der Waals surface area contributed by atoms with Gasteiger partial charge in [-0.15, -0.1) is 0 Å². The minimum absolute atomic E-state index is 0.0984. The van der Waals surface area contributed by atoms with Crippen LogP contribution < -0.4 is 21.2 Å². The second-order valence-corrected chi connectivity index (χ2v) is 6.57. The van der Waals surface area contributed by atoms with E-state index in [1.165, 1.54) is 0 Å². The molecular formula is C19H22N4O3S. The Kier molecular flexibility index (Phi) is 5.75. The van der Waals surface area contributed by atoms with Crippen molar-refractivity contribution in [2.24, 2.45) is 10.8 Å². The van der Waals surface area contributed by atoms with Gasteiger partial charge in [0.15, 0.2) is 10.9 Å². The summed E-state index contributed by atoms with van der Waals surface area (Å²) < 4.78 is 11.4. The third-order valence-electron chi connectivity index (χ3n) is 4.27. The molecule has 0 radical (unpaired) electrons. The molecule has 0 spiro atoms. The lowest BCUT2D eigenvalue weighted by atomic mass is 9.93. The lowest BCUT2D eigenvalue weighted by Gasteiger charge is -2.13. The van der Waals surface area contributed by atoms with Gasteiger partial charge in [-0.3, -0.25) is 10.2 Å². The van der Waals surface area contributed by atoms with E-state index in [4.69, 9.17) is 27.1 Å². The number of hydrazone groups is 1. The third-order valence-corrected chi connectivity index (χ3v) is 4.36. The van der Waals surface area contributed by atoms with E-state index in [2.05, 4.69) is 15.8 Å². The van der Waals surface area contributed by atoms with Crippen LogP contribution in [0, 0.1) is 6.92 Å². The average Bonchev–Trinajstić information content (AvgIpc) is 2.99. The van der Waals surface area contributed by atoms with E-state index in [9.17, 15) is 4.79 Å². The molecule has 0 saturated heterocycles. The lowest BCUT2D eigenvalue weighted by Crippen LogP contribution is -2.26. The zero-order chi connectivity index (χ0) is 19.4. The number of fused-ring (bicyclic) bond motifs is 1. The van der Waals surface area contributed by atoms with Crippen LogP contribution in [-0.4, -0.2) is 23.3 Å². The Morgan fingerprint density at radius 3 is 2.89 bits per heavy atom. The Hall–Kier alpha value is -2.87. The highest BCUT2D eigenvalue weighted by atomic mass is 32.1. The zero-order valence-electron chi connectivity index (χ0n) is 15.3. The molecule has 0 unspecified atom stereocenters. The molecule has 0 saturated carbocycles. The molecular weight excluding hydrogens is 364 g/mol. The number of para-hydroxylation sites is 2. The molecule has 1 aliphatic rings. The number of rotatable bonds is 5. The van der Waals surface area contributed by atoms with Gasteiger partial charge in [-0.1, -0.05) is 12.1 Å². The first-order valence-corrected chi connectivity index (χ1v) is 9.19. The van der Waals surface area contributed by atoms with Crippen molar-refractivity contribution in [1.82, 2.24) is 5.43 Å². The Morgan fingerprint density at radius 2 is 2.15 bits per heavy atom. The van der Waals surface area contributed by atoms with Crippen LogP contribution in [0.1, 0.15) is 47.2 Å². The van der Waals surface area contributed by atoms with Gasteiger partial charge in [-0.05, 0) is 51.0 Å². The summed E-state index contributed by atoms with van der Waals surface area (Å²) >= 11 is 4.81. The molecule has 7 nitrogen and oxygen atoms in total. The molecule has 2 aromatic rings. The van der Waals surface area contributed by atoms with Crippen LogP contribution in [0.4, 0.5) is 5.69 Å². The first-order chi connectivity index (χ1) is 13.0. The molecule has 1 aliphatic carbocycles. The van der Waals surface area contributed by atoms with Crippen molar-refractivity contribution in [3.63, 3.8) is 0 Å². The molecule has 1 amide bonds. The van der Waals surface area contributed by atoms with Gasteiger partial charge in [0.1, 0.15) is 11.5 Å². The minimum Gasteiger partial charge on any atom is -0.492 e. The maximum Gasteiger partial charge on any atom is 0.291 e. The van der Waals surface area contributed by atoms with Crippen molar-refractivity contribution in [2.75, 3.05) is 11.9 Å². The van der Waals surface area contributed by atoms with Crippen molar-refractivity contribution >= 4 is 34.6 Å². The number of amides is 1. The standard InChI is InChI=1S/C19H22N4O3S/c1-3-25-14-9-5-4-7-12(14)21-18(24)17-11(2)16-13(22-23-19(20)27)8-6-10-15(16)26-17/h4-5,7,9H,3,6,8,10H2,1-2H3,(H,21,24)(H3,20,23,27)/b22-13+. The lowest BCUT2D eigenvalue weighted by molar-refractivity contribution is 0.0993. The number of hydrogen-bond acceptors (Lipinski definition) is 5. The highest BCUT2D eigenvalue weighted by molar-refractivity contribution is 7.80. The van der Waals surface area contributed by atoms with Crippen LogP contribution in [0.15, 0.2) is 33.8 Å². The fraction of sp³-hybridized carbons (Fsp3) is 0.316. The van der Waals surface area contributed by atoms with Crippen molar-refractivity contribution in [3.05, 3.63) is 46.9 Å². The quantitative estimate of drug-likeness (QED) is 0.539. The largest absolute Gasteiger partial charge is 0.492 e. The van der Waals surface area contributed by atoms with E-state index in [0.29, 0.717) is 18.0 Å². The van der Waals surface area contributed by atoms with Crippen LogP contribution in [-0.2, 0) is 6.42 Å². The van der Waals surface area contributed by atoms with Crippen LogP contribution in [0.25, 0.3) is 0 Å². The van der Waals surface area contributed by atoms with Crippen molar-refractivity contribution in [2.45, 2.75) is 33.1 Å². The predicted octanol–water partition coefficient (Wildman–Crippen LogP) is 3.11. The molecule has 142 valence electrons. The zero-order valence-corrected chi connectivity index (χ0v) is 16.1. The smallest absolute Gasteiger partial charge is 0.291 e. The molecule has 0 bridgehead atoms. The monoisotopic (exact) mass is 386 g/mol. The molecule has 0 fully saturated rings. The summed E-state index contributed by atoms with van der Waals surface area (Å²) in [6, 6.07) is 7.30.